The van der Waals surface area contributed by atoms with Gasteiger partial charge in [-0.3, -0.25) is 4.57 Å². The lowest BCUT2D eigenvalue weighted by Gasteiger charge is -2.10. The largest absolute Gasteiger partial charge is 0.462 e. The number of esters is 1. The lowest BCUT2D eigenvalue weighted by Crippen LogP contribution is -2.10. The predicted octanol–water partition coefficient (Wildman–Crippen LogP) is 4.73. The summed E-state index contributed by atoms with van der Waals surface area (Å²) < 4.78 is 7.25. The van der Waals surface area contributed by atoms with Gasteiger partial charge in [0, 0.05) is 5.69 Å². The van der Waals surface area contributed by atoms with Crippen LogP contribution in [-0.2, 0) is 4.74 Å². The Bertz CT molecular complexity index is 1230. The molecule has 0 aliphatic rings. The molecule has 2 aromatic carbocycles. The van der Waals surface area contributed by atoms with Gasteiger partial charge in [-0.05, 0) is 55.7 Å². The Morgan fingerprint density at radius 1 is 1.07 bits per heavy atom. The topological polar surface area (TPSA) is 83.0 Å². The molecule has 0 saturated carbocycles. The zero-order valence-corrected chi connectivity index (χ0v) is 16.9. The Kier molecular flexibility index (Phi) is 4.92. The molecule has 0 aliphatic carbocycles. The van der Waals surface area contributed by atoms with Crippen molar-refractivity contribution in [3.8, 4) is 5.69 Å². The molecule has 6 heteroatoms. The van der Waals surface area contributed by atoms with Crippen molar-refractivity contribution in [2.24, 2.45) is 0 Å². The summed E-state index contributed by atoms with van der Waals surface area (Å²) in [5, 5.41) is 0. The highest BCUT2D eigenvalue weighted by Gasteiger charge is 2.26. The molecule has 0 atom stereocenters. The van der Waals surface area contributed by atoms with E-state index < -0.39 is 5.97 Å². The molecule has 6 nitrogen and oxygen atoms in total. The third-order valence-electron chi connectivity index (χ3n) is 5.18. The Morgan fingerprint density at radius 2 is 1.79 bits per heavy atom. The number of nitrogen functional groups attached to an aromatic ring is 1. The van der Waals surface area contributed by atoms with Crippen LogP contribution in [0.4, 0.5) is 5.82 Å². The summed E-state index contributed by atoms with van der Waals surface area (Å²) in [6, 6.07) is 13.6. The van der Waals surface area contributed by atoms with Crippen LogP contribution in [0, 0.1) is 13.8 Å². The van der Waals surface area contributed by atoms with Gasteiger partial charge in [-0.2, -0.15) is 0 Å². The summed E-state index contributed by atoms with van der Waals surface area (Å²) in [4.78, 5) is 22.4. The molecule has 29 heavy (non-hydrogen) atoms. The average Bonchev–Trinajstić information content (AvgIpc) is 2.99. The number of carbonyl (C=O) groups excluding carboxylic acids is 1. The summed E-state index contributed by atoms with van der Waals surface area (Å²) in [7, 11) is 0. The standard InChI is InChI=1S/C23H24N4O2/c1-4-5-12-29-23(28)19-20-22(26-18-9-7-6-8-17(18)25-20)27(21(19)24)16-11-10-14(2)15(3)13-16/h6-11,13H,4-5,12,24H2,1-3H3. The first-order chi connectivity index (χ1) is 14.0. The van der Waals surface area contributed by atoms with Crippen LogP contribution in [0.5, 0.6) is 0 Å². The van der Waals surface area contributed by atoms with E-state index in [1.54, 1.807) is 4.57 Å². The number of ether oxygens (including phenoxy) is 1. The van der Waals surface area contributed by atoms with Gasteiger partial charge in [0.2, 0.25) is 0 Å². The molecular weight excluding hydrogens is 364 g/mol. The monoisotopic (exact) mass is 388 g/mol. The van der Waals surface area contributed by atoms with E-state index in [1.807, 2.05) is 56.3 Å². The molecule has 0 fully saturated rings. The highest BCUT2D eigenvalue weighted by molar-refractivity contribution is 6.09. The van der Waals surface area contributed by atoms with E-state index in [2.05, 4.69) is 6.92 Å². The van der Waals surface area contributed by atoms with Crippen molar-refractivity contribution >= 4 is 34.0 Å². The SMILES string of the molecule is CCCCOC(=O)c1c(N)n(-c2ccc(C)c(C)c2)c2nc3ccccc3nc12. The summed E-state index contributed by atoms with van der Waals surface area (Å²) in [6.45, 7) is 6.50. The molecular formula is C23H24N4O2. The zero-order chi connectivity index (χ0) is 20.5. The maximum atomic E-state index is 12.9. The third kappa shape index (κ3) is 3.31. The summed E-state index contributed by atoms with van der Waals surface area (Å²) in [5.41, 5.74) is 12.4. The minimum absolute atomic E-state index is 0.271. The third-order valence-corrected chi connectivity index (χ3v) is 5.18. The minimum Gasteiger partial charge on any atom is -0.462 e. The molecule has 0 amide bonds. The number of benzene rings is 2. The van der Waals surface area contributed by atoms with Crippen LogP contribution in [0.25, 0.3) is 27.9 Å². The van der Waals surface area contributed by atoms with Crippen molar-refractivity contribution in [1.82, 2.24) is 14.5 Å². The van der Waals surface area contributed by atoms with E-state index in [1.165, 1.54) is 5.56 Å². The van der Waals surface area contributed by atoms with Crippen molar-refractivity contribution in [1.29, 1.82) is 0 Å². The normalized spacial score (nSPS) is 11.3. The van der Waals surface area contributed by atoms with Crippen LogP contribution in [0.3, 0.4) is 0 Å². The first kappa shape index (κ1) is 18.9. The van der Waals surface area contributed by atoms with Crippen molar-refractivity contribution in [2.45, 2.75) is 33.6 Å². The Labute approximate surface area is 169 Å². The van der Waals surface area contributed by atoms with Crippen LogP contribution in [0.2, 0.25) is 0 Å². The van der Waals surface area contributed by atoms with Gasteiger partial charge in [-0.15, -0.1) is 0 Å². The van der Waals surface area contributed by atoms with E-state index in [-0.39, 0.29) is 5.56 Å². The highest BCUT2D eigenvalue weighted by Crippen LogP contribution is 2.32. The molecule has 0 spiro atoms. The number of aryl methyl sites for hydroxylation is 2. The number of anilines is 1. The number of fused-ring (bicyclic) bond motifs is 2. The molecule has 0 radical (unpaired) electrons. The molecule has 2 N–H and O–H groups in total. The van der Waals surface area contributed by atoms with E-state index in [9.17, 15) is 4.79 Å². The van der Waals surface area contributed by atoms with E-state index in [0.717, 1.165) is 29.6 Å². The number of nitrogens with zero attached hydrogens (tertiary/aromatic N) is 3. The molecule has 0 saturated heterocycles. The number of nitrogens with two attached hydrogens (primary N) is 1. The molecule has 2 heterocycles. The molecule has 2 aromatic heterocycles. The number of aromatic nitrogens is 3. The van der Waals surface area contributed by atoms with Gasteiger partial charge in [-0.1, -0.05) is 31.5 Å². The molecule has 0 aliphatic heterocycles. The van der Waals surface area contributed by atoms with Crippen LogP contribution in [0.15, 0.2) is 42.5 Å². The Morgan fingerprint density at radius 3 is 2.48 bits per heavy atom. The fourth-order valence-corrected chi connectivity index (χ4v) is 3.37. The lowest BCUT2D eigenvalue weighted by atomic mass is 10.1. The van der Waals surface area contributed by atoms with Crippen molar-refractivity contribution in [3.63, 3.8) is 0 Å². The maximum Gasteiger partial charge on any atom is 0.344 e. The predicted molar refractivity (Wildman–Crippen MR) is 115 cm³/mol. The summed E-state index contributed by atoms with van der Waals surface area (Å²) in [6.07, 6.45) is 1.74. The van der Waals surface area contributed by atoms with Crippen LogP contribution < -0.4 is 5.73 Å². The minimum atomic E-state index is -0.465. The molecule has 4 aromatic rings. The number of para-hydroxylation sites is 2. The van der Waals surface area contributed by atoms with E-state index in [4.69, 9.17) is 20.4 Å². The molecule has 0 bridgehead atoms. The lowest BCUT2D eigenvalue weighted by molar-refractivity contribution is 0.0503. The van der Waals surface area contributed by atoms with Crippen molar-refractivity contribution < 1.29 is 9.53 Å². The Balaban J connectivity index is 1.98. The number of rotatable bonds is 5. The second-order valence-electron chi connectivity index (χ2n) is 7.24. The van der Waals surface area contributed by atoms with Gasteiger partial charge in [0.1, 0.15) is 16.9 Å². The molecule has 148 valence electrons. The summed E-state index contributed by atoms with van der Waals surface area (Å²) >= 11 is 0. The van der Waals surface area contributed by atoms with E-state index in [0.29, 0.717) is 29.1 Å². The van der Waals surface area contributed by atoms with Crippen molar-refractivity contribution in [2.75, 3.05) is 12.3 Å². The van der Waals surface area contributed by atoms with Crippen LogP contribution in [0.1, 0.15) is 41.3 Å². The van der Waals surface area contributed by atoms with Gasteiger partial charge >= 0.3 is 5.97 Å². The average molecular weight is 388 g/mol. The number of hydrogen-bond donors (Lipinski definition) is 1. The fourth-order valence-electron chi connectivity index (χ4n) is 3.37. The summed E-state index contributed by atoms with van der Waals surface area (Å²) in [5.74, 6) is -0.173. The highest BCUT2D eigenvalue weighted by atomic mass is 16.5. The van der Waals surface area contributed by atoms with Gasteiger partial charge in [-0.25, -0.2) is 14.8 Å². The van der Waals surface area contributed by atoms with Gasteiger partial charge in [0.15, 0.2) is 5.65 Å². The first-order valence-corrected chi connectivity index (χ1v) is 9.82. The fraction of sp³-hybridized carbons (Fsp3) is 0.261. The van der Waals surface area contributed by atoms with Crippen LogP contribution >= 0.6 is 0 Å². The maximum absolute atomic E-state index is 12.9. The van der Waals surface area contributed by atoms with Crippen molar-refractivity contribution in [3.05, 3.63) is 59.2 Å². The van der Waals surface area contributed by atoms with Gasteiger partial charge < -0.3 is 10.5 Å². The van der Waals surface area contributed by atoms with E-state index >= 15 is 0 Å². The smallest absolute Gasteiger partial charge is 0.344 e. The number of carbonyl (C=O) groups is 1. The zero-order valence-electron chi connectivity index (χ0n) is 16.9. The molecule has 0 unspecified atom stereocenters. The number of hydrogen-bond acceptors (Lipinski definition) is 5. The molecule has 4 rings (SSSR count). The quantitative estimate of drug-likeness (QED) is 0.395. The number of unbranched alkanes of at least 4 members (excludes halogenated alkanes) is 1. The second kappa shape index (κ2) is 7.54. The second-order valence-corrected chi connectivity index (χ2v) is 7.24. The first-order valence-electron chi connectivity index (χ1n) is 9.82. The van der Waals surface area contributed by atoms with Gasteiger partial charge in [0.05, 0.1) is 17.6 Å². The van der Waals surface area contributed by atoms with Crippen LogP contribution in [-0.4, -0.2) is 27.1 Å². The Hall–Kier alpha value is -3.41. The van der Waals surface area contributed by atoms with Gasteiger partial charge in [0.25, 0.3) is 0 Å².